The maximum Gasteiger partial charge on any atom is 0.0955 e. The van der Waals surface area contributed by atoms with Crippen molar-refractivity contribution in [1.82, 2.24) is 4.98 Å². The van der Waals surface area contributed by atoms with Crippen molar-refractivity contribution in [2.45, 2.75) is 0 Å². The quantitative estimate of drug-likeness (QED) is 0.540. The summed E-state index contributed by atoms with van der Waals surface area (Å²) in [7, 11) is 0. The molecule has 0 spiro atoms. The second-order valence-electron chi connectivity index (χ2n) is 1.93. The van der Waals surface area contributed by atoms with Crippen LogP contribution in [-0.4, -0.2) is 16.3 Å². The molecule has 0 aliphatic heterocycles. The molecule has 1 heterocycles. The number of hydrogen-bond acceptors (Lipinski definition) is 3. The van der Waals surface area contributed by atoms with Crippen molar-refractivity contribution < 1.29 is 0 Å². The van der Waals surface area contributed by atoms with Crippen LogP contribution in [0.25, 0.3) is 0 Å². The minimum Gasteiger partial charge on any atom is -0.293 e. The molecular weight excluding hydrogens is 180 g/mol. The van der Waals surface area contributed by atoms with E-state index >= 15 is 0 Å². The molecule has 4 heteroatoms. The van der Waals surface area contributed by atoms with Gasteiger partial charge in [0, 0.05) is 18.0 Å². The third kappa shape index (κ3) is 2.20. The van der Waals surface area contributed by atoms with Crippen molar-refractivity contribution >= 4 is 28.4 Å². The Morgan fingerprint density at radius 2 is 2.36 bits per heavy atom. The first-order valence-electron chi connectivity index (χ1n) is 2.97. The zero-order valence-corrected chi connectivity index (χ0v) is 7.54. The molecule has 2 nitrogen and oxygen atoms in total. The molecule has 0 bridgehead atoms. The van der Waals surface area contributed by atoms with E-state index in [9.17, 15) is 0 Å². The van der Waals surface area contributed by atoms with Crippen LogP contribution < -0.4 is 0 Å². The largest absolute Gasteiger partial charge is 0.293 e. The van der Waals surface area contributed by atoms with Crippen LogP contribution in [0.2, 0.25) is 5.02 Å². The van der Waals surface area contributed by atoms with Gasteiger partial charge in [0.05, 0.1) is 10.1 Å². The Labute approximate surface area is 74.5 Å². The van der Waals surface area contributed by atoms with Crippen molar-refractivity contribution in [2.75, 3.05) is 6.26 Å². The van der Waals surface area contributed by atoms with E-state index in [2.05, 4.69) is 4.98 Å². The molecule has 0 radical (unpaired) electrons. The Morgan fingerprint density at radius 3 is 2.91 bits per heavy atom. The molecule has 0 amide bonds. The first-order valence-corrected chi connectivity index (χ1v) is 4.58. The van der Waals surface area contributed by atoms with E-state index in [0.29, 0.717) is 10.1 Å². The molecule has 0 fully saturated rings. The number of rotatable bonds is 1. The molecule has 11 heavy (non-hydrogen) atoms. The van der Waals surface area contributed by atoms with E-state index in [0.717, 1.165) is 5.56 Å². The van der Waals surface area contributed by atoms with Gasteiger partial charge in [-0.05, 0) is 12.3 Å². The predicted molar refractivity (Wildman–Crippen MR) is 49.6 cm³/mol. The molecule has 0 saturated carbocycles. The number of nitrogens with zero attached hydrogens (tertiary/aromatic N) is 1. The Balaban J connectivity index is 2.96. The summed E-state index contributed by atoms with van der Waals surface area (Å²) in [5.74, 6) is 0. The van der Waals surface area contributed by atoms with Gasteiger partial charge in [-0.15, -0.1) is 11.8 Å². The van der Waals surface area contributed by atoms with Gasteiger partial charge in [0.25, 0.3) is 0 Å². The molecule has 0 aliphatic rings. The molecule has 0 aromatic carbocycles. The first kappa shape index (κ1) is 8.56. The lowest BCUT2D eigenvalue weighted by atomic mass is 10.3. The molecule has 0 aliphatic carbocycles. The zero-order valence-electron chi connectivity index (χ0n) is 5.97. The highest BCUT2D eigenvalue weighted by Crippen LogP contribution is 2.12. The van der Waals surface area contributed by atoms with Crippen LogP contribution in [0.1, 0.15) is 5.56 Å². The maximum absolute atomic E-state index is 7.44. The highest BCUT2D eigenvalue weighted by molar-refractivity contribution is 8.13. The van der Waals surface area contributed by atoms with Gasteiger partial charge < -0.3 is 0 Å². The van der Waals surface area contributed by atoms with Crippen molar-refractivity contribution in [1.29, 1.82) is 5.41 Å². The number of thioether (sulfide) groups is 1. The summed E-state index contributed by atoms with van der Waals surface area (Å²) in [6.45, 7) is 0. The smallest absolute Gasteiger partial charge is 0.0955 e. The molecule has 1 aromatic heterocycles. The fraction of sp³-hybridized carbons (Fsp3) is 0.143. The molecule has 1 aromatic rings. The molecule has 0 unspecified atom stereocenters. The SMILES string of the molecule is CSC(=N)c1cncc(Cl)c1. The van der Waals surface area contributed by atoms with E-state index < -0.39 is 0 Å². The van der Waals surface area contributed by atoms with Crippen LogP contribution in [0.15, 0.2) is 18.5 Å². The molecule has 1 N–H and O–H groups in total. The Kier molecular flexibility index (Phi) is 2.91. The Hall–Kier alpha value is -0.540. The molecule has 58 valence electrons. The van der Waals surface area contributed by atoms with Crippen LogP contribution >= 0.6 is 23.4 Å². The van der Waals surface area contributed by atoms with Crippen LogP contribution in [0, 0.1) is 5.41 Å². The Bertz CT molecular complexity index is 275. The van der Waals surface area contributed by atoms with Gasteiger partial charge in [0.15, 0.2) is 0 Å². The molecule has 0 saturated heterocycles. The average Bonchev–Trinajstić information content (AvgIpc) is 2.03. The second-order valence-corrected chi connectivity index (χ2v) is 3.18. The topological polar surface area (TPSA) is 36.7 Å². The number of halogens is 1. The zero-order chi connectivity index (χ0) is 8.27. The van der Waals surface area contributed by atoms with Gasteiger partial charge in [0.2, 0.25) is 0 Å². The number of nitrogens with one attached hydrogen (secondary N) is 1. The summed E-state index contributed by atoms with van der Waals surface area (Å²) in [5, 5.41) is 8.50. The second kappa shape index (κ2) is 3.74. The lowest BCUT2D eigenvalue weighted by Gasteiger charge is -1.98. The number of pyridine rings is 1. The minimum absolute atomic E-state index is 0.486. The van der Waals surface area contributed by atoms with Crippen LogP contribution in [0.5, 0.6) is 0 Å². The normalized spacial score (nSPS) is 9.64. The first-order chi connectivity index (χ1) is 5.24. The van der Waals surface area contributed by atoms with Crippen molar-refractivity contribution in [3.63, 3.8) is 0 Å². The fourth-order valence-corrected chi connectivity index (χ4v) is 1.18. The highest BCUT2D eigenvalue weighted by Gasteiger charge is 1.99. The summed E-state index contributed by atoms with van der Waals surface area (Å²) in [5.41, 5.74) is 0.769. The average molecular weight is 187 g/mol. The third-order valence-electron chi connectivity index (χ3n) is 1.17. The van der Waals surface area contributed by atoms with Gasteiger partial charge in [-0.1, -0.05) is 11.6 Å². The van der Waals surface area contributed by atoms with Crippen LogP contribution in [0.4, 0.5) is 0 Å². The van der Waals surface area contributed by atoms with E-state index in [4.69, 9.17) is 17.0 Å². The monoisotopic (exact) mass is 186 g/mol. The van der Waals surface area contributed by atoms with Gasteiger partial charge in [-0.2, -0.15) is 0 Å². The van der Waals surface area contributed by atoms with Crippen molar-refractivity contribution in [3.8, 4) is 0 Å². The predicted octanol–water partition coefficient (Wildman–Crippen LogP) is 2.42. The summed E-state index contributed by atoms with van der Waals surface area (Å²) in [4.78, 5) is 3.87. The lowest BCUT2D eigenvalue weighted by Crippen LogP contribution is -1.92. The number of aromatic nitrogens is 1. The third-order valence-corrected chi connectivity index (χ3v) is 2.02. The maximum atomic E-state index is 7.44. The highest BCUT2D eigenvalue weighted by atomic mass is 35.5. The van der Waals surface area contributed by atoms with Gasteiger partial charge in [0.1, 0.15) is 0 Å². The minimum atomic E-state index is 0.486. The molecule has 0 atom stereocenters. The van der Waals surface area contributed by atoms with Crippen LogP contribution in [-0.2, 0) is 0 Å². The standard InChI is InChI=1S/C7H7ClN2S/c1-11-7(9)5-2-6(8)4-10-3-5/h2-4,9H,1H3. The Morgan fingerprint density at radius 1 is 1.64 bits per heavy atom. The van der Waals surface area contributed by atoms with Crippen molar-refractivity contribution in [2.24, 2.45) is 0 Å². The van der Waals surface area contributed by atoms with E-state index in [1.807, 2.05) is 6.26 Å². The fourth-order valence-electron chi connectivity index (χ4n) is 0.654. The van der Waals surface area contributed by atoms with Crippen LogP contribution in [0.3, 0.4) is 0 Å². The summed E-state index contributed by atoms with van der Waals surface area (Å²) in [6.07, 6.45) is 5.03. The van der Waals surface area contributed by atoms with E-state index in [-0.39, 0.29) is 0 Å². The van der Waals surface area contributed by atoms with Gasteiger partial charge in [-0.3, -0.25) is 10.4 Å². The molecule has 1 rings (SSSR count). The van der Waals surface area contributed by atoms with E-state index in [1.165, 1.54) is 11.8 Å². The van der Waals surface area contributed by atoms with Crippen molar-refractivity contribution in [3.05, 3.63) is 29.0 Å². The van der Waals surface area contributed by atoms with E-state index in [1.54, 1.807) is 18.5 Å². The van der Waals surface area contributed by atoms with Gasteiger partial charge >= 0.3 is 0 Å². The lowest BCUT2D eigenvalue weighted by molar-refractivity contribution is 1.31. The number of hydrogen-bond donors (Lipinski definition) is 1. The summed E-state index contributed by atoms with van der Waals surface area (Å²) in [6, 6.07) is 1.73. The summed E-state index contributed by atoms with van der Waals surface area (Å²) < 4.78 is 0. The van der Waals surface area contributed by atoms with Gasteiger partial charge in [-0.25, -0.2) is 0 Å². The molecular formula is C7H7ClN2S. The summed E-state index contributed by atoms with van der Waals surface area (Å²) >= 11 is 7.05.